The molecule has 118 valence electrons. The molecule has 1 N–H and O–H groups in total. The van der Waals surface area contributed by atoms with Gasteiger partial charge in [0.05, 0.1) is 10.8 Å². The molecule has 0 spiro atoms. The summed E-state index contributed by atoms with van der Waals surface area (Å²) in [5, 5.41) is 19.7. The highest BCUT2D eigenvalue weighted by atomic mass is 16.6. The smallest absolute Gasteiger partial charge is 0.307 e. The third-order valence-electron chi connectivity index (χ3n) is 4.28. The van der Waals surface area contributed by atoms with E-state index >= 15 is 0 Å². The van der Waals surface area contributed by atoms with Crippen molar-refractivity contribution in [1.82, 2.24) is 0 Å². The zero-order valence-corrected chi connectivity index (χ0v) is 12.2. The van der Waals surface area contributed by atoms with Crippen molar-refractivity contribution >= 4 is 17.4 Å². The van der Waals surface area contributed by atoms with Crippen molar-refractivity contribution in [2.75, 3.05) is 0 Å². The second kappa shape index (κ2) is 7.15. The van der Waals surface area contributed by atoms with E-state index in [1.807, 2.05) is 0 Å². The molecule has 1 aliphatic carbocycles. The second-order valence-electron chi connectivity index (χ2n) is 5.73. The van der Waals surface area contributed by atoms with Crippen molar-refractivity contribution in [3.63, 3.8) is 0 Å². The Morgan fingerprint density at radius 2 is 1.82 bits per heavy atom. The largest absolute Gasteiger partial charge is 0.481 e. The quantitative estimate of drug-likeness (QED) is 0.617. The van der Waals surface area contributed by atoms with E-state index < -0.39 is 16.8 Å². The average molecular weight is 305 g/mol. The number of hydrogen-bond acceptors (Lipinski definition) is 4. The van der Waals surface area contributed by atoms with Gasteiger partial charge in [-0.15, -0.1) is 0 Å². The van der Waals surface area contributed by atoms with Crippen molar-refractivity contribution in [2.24, 2.45) is 11.8 Å². The Kier molecular flexibility index (Phi) is 5.25. The Balaban J connectivity index is 1.81. The van der Waals surface area contributed by atoms with Gasteiger partial charge in [-0.2, -0.15) is 0 Å². The minimum atomic E-state index is -0.869. The third kappa shape index (κ3) is 3.90. The van der Waals surface area contributed by atoms with Crippen molar-refractivity contribution in [3.05, 3.63) is 39.9 Å². The SMILES string of the molecule is O=C(CCCc1ccc([N+](=O)[O-])cc1)[C@H]1CCC[C@H]1C(=O)O. The van der Waals surface area contributed by atoms with Crippen LogP contribution in [0, 0.1) is 22.0 Å². The lowest BCUT2D eigenvalue weighted by molar-refractivity contribution is -0.384. The molecule has 1 fully saturated rings. The van der Waals surface area contributed by atoms with E-state index in [0.29, 0.717) is 32.1 Å². The molecule has 1 saturated carbocycles. The van der Waals surface area contributed by atoms with Crippen LogP contribution in [0.2, 0.25) is 0 Å². The molecule has 0 radical (unpaired) electrons. The van der Waals surface area contributed by atoms with Gasteiger partial charge in [0.1, 0.15) is 5.78 Å². The molecule has 0 heterocycles. The van der Waals surface area contributed by atoms with Gasteiger partial charge >= 0.3 is 5.97 Å². The van der Waals surface area contributed by atoms with Crippen LogP contribution in [0.4, 0.5) is 5.69 Å². The molecule has 0 bridgehead atoms. The zero-order chi connectivity index (χ0) is 16.1. The topological polar surface area (TPSA) is 97.5 Å². The Morgan fingerprint density at radius 3 is 2.41 bits per heavy atom. The highest BCUT2D eigenvalue weighted by Crippen LogP contribution is 2.33. The molecule has 0 amide bonds. The lowest BCUT2D eigenvalue weighted by Crippen LogP contribution is -2.25. The molecular weight excluding hydrogens is 286 g/mol. The fourth-order valence-electron chi connectivity index (χ4n) is 3.08. The van der Waals surface area contributed by atoms with Crippen LogP contribution in [0.25, 0.3) is 0 Å². The van der Waals surface area contributed by atoms with Gasteiger partial charge in [0.15, 0.2) is 0 Å². The number of carbonyl (C=O) groups is 2. The molecule has 2 atom stereocenters. The van der Waals surface area contributed by atoms with Gasteiger partial charge in [0.25, 0.3) is 5.69 Å². The van der Waals surface area contributed by atoms with Crippen LogP contribution >= 0.6 is 0 Å². The standard InChI is InChI=1S/C16H19NO5/c18-15(13-4-2-5-14(13)16(19)20)6-1-3-11-7-9-12(10-8-11)17(21)22/h7-10,13-14H,1-6H2,(H,19,20)/t13-,14+/m0/s1. The maximum Gasteiger partial charge on any atom is 0.307 e. The monoisotopic (exact) mass is 305 g/mol. The van der Waals surface area contributed by atoms with Gasteiger partial charge in [-0.1, -0.05) is 18.6 Å². The van der Waals surface area contributed by atoms with Gasteiger partial charge in [0, 0.05) is 24.5 Å². The summed E-state index contributed by atoms with van der Waals surface area (Å²) in [6.07, 6.45) is 3.73. The summed E-state index contributed by atoms with van der Waals surface area (Å²) < 4.78 is 0. The Hall–Kier alpha value is -2.24. The maximum atomic E-state index is 12.1. The molecule has 6 nitrogen and oxygen atoms in total. The van der Waals surface area contributed by atoms with Crippen LogP contribution in [-0.2, 0) is 16.0 Å². The molecule has 0 unspecified atom stereocenters. The highest BCUT2D eigenvalue weighted by Gasteiger charge is 2.36. The van der Waals surface area contributed by atoms with E-state index in [2.05, 4.69) is 0 Å². The van der Waals surface area contributed by atoms with Crippen molar-refractivity contribution in [2.45, 2.75) is 38.5 Å². The lowest BCUT2D eigenvalue weighted by Gasteiger charge is -2.14. The first-order chi connectivity index (χ1) is 10.5. The number of hydrogen-bond donors (Lipinski definition) is 1. The zero-order valence-electron chi connectivity index (χ0n) is 12.2. The number of aliphatic carboxylic acids is 1. The third-order valence-corrected chi connectivity index (χ3v) is 4.28. The molecule has 1 aromatic rings. The molecule has 22 heavy (non-hydrogen) atoms. The predicted molar refractivity (Wildman–Crippen MR) is 79.5 cm³/mol. The van der Waals surface area contributed by atoms with Crippen LogP contribution in [0.5, 0.6) is 0 Å². The van der Waals surface area contributed by atoms with Crippen molar-refractivity contribution in [1.29, 1.82) is 0 Å². The molecule has 2 rings (SSSR count). The Bertz CT molecular complexity index is 566. The number of nitro benzene ring substituents is 1. The van der Waals surface area contributed by atoms with E-state index in [9.17, 15) is 19.7 Å². The first-order valence-corrected chi connectivity index (χ1v) is 7.48. The molecular formula is C16H19NO5. The van der Waals surface area contributed by atoms with Crippen LogP contribution in [0.3, 0.4) is 0 Å². The van der Waals surface area contributed by atoms with E-state index in [4.69, 9.17) is 5.11 Å². The number of benzene rings is 1. The molecule has 6 heteroatoms. The summed E-state index contributed by atoms with van der Waals surface area (Å²) in [5.41, 5.74) is 0.995. The molecule has 1 aliphatic rings. The summed E-state index contributed by atoms with van der Waals surface area (Å²) in [7, 11) is 0. The van der Waals surface area contributed by atoms with Crippen LogP contribution in [0.15, 0.2) is 24.3 Å². The summed E-state index contributed by atoms with van der Waals surface area (Å²) >= 11 is 0. The van der Waals surface area contributed by atoms with Crippen LogP contribution < -0.4 is 0 Å². The van der Waals surface area contributed by atoms with E-state index in [1.165, 1.54) is 12.1 Å². The molecule has 1 aromatic carbocycles. The summed E-state index contributed by atoms with van der Waals surface area (Å²) in [4.78, 5) is 33.3. The van der Waals surface area contributed by atoms with Gasteiger partial charge in [-0.05, 0) is 31.2 Å². The maximum absolute atomic E-state index is 12.1. The molecule has 0 aromatic heterocycles. The Morgan fingerprint density at radius 1 is 1.18 bits per heavy atom. The minimum Gasteiger partial charge on any atom is -0.481 e. The van der Waals surface area contributed by atoms with Crippen LogP contribution in [0.1, 0.15) is 37.7 Å². The number of Topliss-reactive ketones (excluding diaryl/α,β-unsaturated/α-hetero) is 1. The number of carboxylic acid groups (broad SMARTS) is 1. The minimum absolute atomic E-state index is 0.0341. The van der Waals surface area contributed by atoms with Crippen molar-refractivity contribution < 1.29 is 19.6 Å². The second-order valence-corrected chi connectivity index (χ2v) is 5.73. The average Bonchev–Trinajstić information content (AvgIpc) is 2.97. The number of ketones is 1. The fraction of sp³-hybridized carbons (Fsp3) is 0.500. The van der Waals surface area contributed by atoms with Gasteiger partial charge in [-0.3, -0.25) is 19.7 Å². The highest BCUT2D eigenvalue weighted by molar-refractivity contribution is 5.86. The predicted octanol–water partition coefficient (Wildman–Crippen LogP) is 2.99. The number of nitrogens with zero attached hydrogens (tertiary/aromatic N) is 1. The number of aryl methyl sites for hydroxylation is 1. The Labute approximate surface area is 128 Å². The van der Waals surface area contributed by atoms with Crippen LogP contribution in [-0.4, -0.2) is 21.8 Å². The number of carbonyl (C=O) groups excluding carboxylic acids is 1. The number of nitro groups is 1. The van der Waals surface area contributed by atoms with Gasteiger partial charge < -0.3 is 5.11 Å². The van der Waals surface area contributed by atoms with E-state index in [-0.39, 0.29) is 17.4 Å². The first-order valence-electron chi connectivity index (χ1n) is 7.48. The summed E-state index contributed by atoms with van der Waals surface area (Å²) in [6.45, 7) is 0. The number of rotatable bonds is 7. The summed E-state index contributed by atoms with van der Waals surface area (Å²) in [5.74, 6) is -1.70. The van der Waals surface area contributed by atoms with E-state index in [1.54, 1.807) is 12.1 Å². The lowest BCUT2D eigenvalue weighted by atomic mass is 9.89. The fourth-order valence-corrected chi connectivity index (χ4v) is 3.08. The molecule has 0 aliphatic heterocycles. The van der Waals surface area contributed by atoms with Crippen molar-refractivity contribution in [3.8, 4) is 0 Å². The van der Waals surface area contributed by atoms with Gasteiger partial charge in [0.2, 0.25) is 0 Å². The molecule has 0 saturated heterocycles. The van der Waals surface area contributed by atoms with Gasteiger partial charge in [-0.25, -0.2) is 0 Å². The normalized spacial score (nSPS) is 20.7. The first kappa shape index (κ1) is 16.1. The van der Waals surface area contributed by atoms with E-state index in [0.717, 1.165) is 12.0 Å². The number of carboxylic acids is 1. The number of non-ortho nitro benzene ring substituents is 1. The summed E-state index contributed by atoms with van der Waals surface area (Å²) in [6, 6.07) is 6.29.